The number of hydrogen-bond acceptors (Lipinski definition) is 4. The van der Waals surface area contributed by atoms with E-state index in [1.165, 1.54) is 18.6 Å². The molecule has 6 heteroatoms. The third-order valence-corrected chi connectivity index (χ3v) is 2.25. The van der Waals surface area contributed by atoms with Crippen LogP contribution in [0.2, 0.25) is 0 Å². The molecule has 0 spiro atoms. The van der Waals surface area contributed by atoms with Crippen LogP contribution in [0.1, 0.15) is 10.5 Å². The lowest BCUT2D eigenvalue weighted by molar-refractivity contribution is 0.102. The Morgan fingerprint density at radius 1 is 1.19 bits per heavy atom. The van der Waals surface area contributed by atoms with Crippen LogP contribution in [-0.2, 0) is 0 Å². The fraction of sp³-hybridized carbons (Fsp3) is 0. The Bertz CT molecular complexity index is 486. The maximum Gasteiger partial charge on any atom is 0.275 e. The van der Waals surface area contributed by atoms with Gasteiger partial charge in [-0.3, -0.25) is 9.78 Å². The number of anilines is 1. The summed E-state index contributed by atoms with van der Waals surface area (Å²) in [6.07, 6.45) is 5.94. The molecule has 16 heavy (non-hydrogen) atoms. The van der Waals surface area contributed by atoms with Gasteiger partial charge in [0.05, 0.1) is 18.1 Å². The first-order valence-corrected chi connectivity index (χ1v) is 5.24. The van der Waals surface area contributed by atoms with Crippen molar-refractivity contribution < 1.29 is 4.79 Å². The van der Waals surface area contributed by atoms with Crippen LogP contribution in [-0.4, -0.2) is 20.9 Å². The number of carbonyl (C=O) groups is 1. The minimum atomic E-state index is -0.308. The van der Waals surface area contributed by atoms with Crippen LogP contribution in [0.25, 0.3) is 0 Å². The van der Waals surface area contributed by atoms with E-state index in [0.717, 1.165) is 0 Å². The predicted molar refractivity (Wildman–Crippen MR) is 61.9 cm³/mol. The molecule has 0 aliphatic heterocycles. The van der Waals surface area contributed by atoms with Crippen molar-refractivity contribution in [2.24, 2.45) is 0 Å². The number of aromatic nitrogens is 3. The van der Waals surface area contributed by atoms with Crippen molar-refractivity contribution in [2.45, 2.75) is 0 Å². The highest BCUT2D eigenvalue weighted by atomic mass is 79.9. The largest absolute Gasteiger partial charge is 0.319 e. The molecular weight excluding hydrogens is 272 g/mol. The van der Waals surface area contributed by atoms with Crippen molar-refractivity contribution in [1.29, 1.82) is 0 Å². The number of nitrogens with one attached hydrogen (secondary N) is 1. The topological polar surface area (TPSA) is 67.8 Å². The summed E-state index contributed by atoms with van der Waals surface area (Å²) in [6, 6.07) is 3.48. The normalized spacial score (nSPS) is 9.81. The molecule has 1 amide bonds. The molecule has 0 radical (unpaired) electrons. The number of nitrogens with zero attached hydrogens (tertiary/aromatic N) is 3. The zero-order chi connectivity index (χ0) is 11.4. The van der Waals surface area contributed by atoms with E-state index < -0.39 is 0 Å². The molecule has 5 nitrogen and oxygen atoms in total. The van der Waals surface area contributed by atoms with Gasteiger partial charge in [-0.2, -0.15) is 0 Å². The van der Waals surface area contributed by atoms with E-state index >= 15 is 0 Å². The van der Waals surface area contributed by atoms with Gasteiger partial charge < -0.3 is 5.32 Å². The fourth-order valence-corrected chi connectivity index (χ4v) is 1.30. The molecule has 0 bridgehead atoms. The van der Waals surface area contributed by atoms with Gasteiger partial charge in [-0.15, -0.1) is 0 Å². The fourth-order valence-electron chi connectivity index (χ4n) is 1.06. The second-order valence-electron chi connectivity index (χ2n) is 2.91. The van der Waals surface area contributed by atoms with Crippen LogP contribution in [0.5, 0.6) is 0 Å². The summed E-state index contributed by atoms with van der Waals surface area (Å²) in [7, 11) is 0. The highest BCUT2D eigenvalue weighted by Gasteiger charge is 2.06. The van der Waals surface area contributed by atoms with Crippen LogP contribution < -0.4 is 5.32 Å². The average molecular weight is 279 g/mol. The SMILES string of the molecule is O=C(Nc1ccc(Br)nc1)c1cnccn1. The molecular formula is C10H7BrN4O. The first-order chi connectivity index (χ1) is 7.75. The highest BCUT2D eigenvalue weighted by Crippen LogP contribution is 2.10. The maximum absolute atomic E-state index is 11.6. The number of pyridine rings is 1. The molecule has 1 N–H and O–H groups in total. The van der Waals surface area contributed by atoms with Gasteiger partial charge >= 0.3 is 0 Å². The molecule has 0 aromatic carbocycles. The molecule has 2 aromatic rings. The molecule has 80 valence electrons. The van der Waals surface area contributed by atoms with Crippen LogP contribution in [0, 0.1) is 0 Å². The molecule has 0 fully saturated rings. The van der Waals surface area contributed by atoms with E-state index in [0.29, 0.717) is 10.3 Å². The Balaban J connectivity index is 2.11. The van der Waals surface area contributed by atoms with Crippen LogP contribution in [0.4, 0.5) is 5.69 Å². The molecule has 2 rings (SSSR count). The van der Waals surface area contributed by atoms with Gasteiger partial charge in [0.1, 0.15) is 10.3 Å². The Morgan fingerprint density at radius 2 is 2.06 bits per heavy atom. The highest BCUT2D eigenvalue weighted by molar-refractivity contribution is 9.10. The first-order valence-electron chi connectivity index (χ1n) is 4.44. The summed E-state index contributed by atoms with van der Waals surface area (Å²) >= 11 is 3.21. The van der Waals surface area contributed by atoms with E-state index in [-0.39, 0.29) is 11.6 Å². The monoisotopic (exact) mass is 278 g/mol. The third kappa shape index (κ3) is 2.60. The second kappa shape index (κ2) is 4.80. The number of hydrogen-bond donors (Lipinski definition) is 1. The molecule has 0 saturated carbocycles. The summed E-state index contributed by atoms with van der Waals surface area (Å²) < 4.78 is 0.713. The van der Waals surface area contributed by atoms with Crippen LogP contribution in [0.3, 0.4) is 0 Å². The van der Waals surface area contributed by atoms with Crippen molar-refractivity contribution in [3.63, 3.8) is 0 Å². The molecule has 0 saturated heterocycles. The van der Waals surface area contributed by atoms with Crippen molar-refractivity contribution in [3.05, 3.63) is 47.2 Å². The zero-order valence-corrected chi connectivity index (χ0v) is 9.68. The average Bonchev–Trinajstić information content (AvgIpc) is 2.33. The minimum absolute atomic E-state index is 0.269. The van der Waals surface area contributed by atoms with E-state index in [9.17, 15) is 4.79 Å². The van der Waals surface area contributed by atoms with Crippen LogP contribution in [0.15, 0.2) is 41.5 Å². The second-order valence-corrected chi connectivity index (χ2v) is 3.73. The molecule has 0 unspecified atom stereocenters. The number of rotatable bonds is 2. The van der Waals surface area contributed by atoms with Gasteiger partial charge in [-0.25, -0.2) is 9.97 Å². The number of amides is 1. The Kier molecular flexibility index (Phi) is 3.21. The lowest BCUT2D eigenvalue weighted by Crippen LogP contribution is -2.13. The van der Waals surface area contributed by atoms with E-state index in [2.05, 4.69) is 36.2 Å². The summed E-state index contributed by atoms with van der Waals surface area (Å²) in [5, 5.41) is 2.66. The predicted octanol–water partition coefficient (Wildman–Crippen LogP) is 1.89. The molecule has 0 atom stereocenters. The Morgan fingerprint density at radius 3 is 2.69 bits per heavy atom. The summed E-state index contributed by atoms with van der Waals surface area (Å²) in [5.74, 6) is -0.308. The Labute approximate surface area is 100 Å². The lowest BCUT2D eigenvalue weighted by atomic mass is 10.3. The molecule has 0 aliphatic carbocycles. The third-order valence-electron chi connectivity index (χ3n) is 1.78. The van der Waals surface area contributed by atoms with E-state index in [1.807, 2.05) is 0 Å². The van der Waals surface area contributed by atoms with Crippen molar-refractivity contribution in [2.75, 3.05) is 5.32 Å². The van der Waals surface area contributed by atoms with Gasteiger partial charge in [0.15, 0.2) is 0 Å². The van der Waals surface area contributed by atoms with E-state index in [1.54, 1.807) is 18.3 Å². The van der Waals surface area contributed by atoms with Crippen LogP contribution >= 0.6 is 15.9 Å². The van der Waals surface area contributed by atoms with Crippen molar-refractivity contribution >= 4 is 27.5 Å². The maximum atomic E-state index is 11.6. The van der Waals surface area contributed by atoms with Gasteiger partial charge in [0, 0.05) is 12.4 Å². The summed E-state index contributed by atoms with van der Waals surface area (Å²) in [6.45, 7) is 0. The lowest BCUT2D eigenvalue weighted by Gasteiger charge is -2.03. The smallest absolute Gasteiger partial charge is 0.275 e. The molecule has 2 heterocycles. The van der Waals surface area contributed by atoms with Gasteiger partial charge in [-0.05, 0) is 28.1 Å². The first kappa shape index (κ1) is 10.7. The standard InChI is InChI=1S/C10H7BrN4O/c11-9-2-1-7(5-14-9)15-10(16)8-6-12-3-4-13-8/h1-6H,(H,15,16). The van der Waals surface area contributed by atoms with Gasteiger partial charge in [0.25, 0.3) is 5.91 Å². The summed E-state index contributed by atoms with van der Waals surface area (Å²) in [5.41, 5.74) is 0.879. The van der Waals surface area contributed by atoms with Gasteiger partial charge in [0.2, 0.25) is 0 Å². The van der Waals surface area contributed by atoms with Crippen molar-refractivity contribution in [1.82, 2.24) is 15.0 Å². The Hall–Kier alpha value is -1.82. The zero-order valence-electron chi connectivity index (χ0n) is 8.09. The summed E-state index contributed by atoms with van der Waals surface area (Å²) in [4.78, 5) is 23.3. The number of halogens is 1. The molecule has 0 aliphatic rings. The minimum Gasteiger partial charge on any atom is -0.319 e. The van der Waals surface area contributed by atoms with Crippen molar-refractivity contribution in [3.8, 4) is 0 Å². The van der Waals surface area contributed by atoms with Gasteiger partial charge in [-0.1, -0.05) is 0 Å². The number of carbonyl (C=O) groups excluding carboxylic acids is 1. The molecule has 2 aromatic heterocycles. The van der Waals surface area contributed by atoms with E-state index in [4.69, 9.17) is 0 Å². The quantitative estimate of drug-likeness (QED) is 0.852.